The number of hydrogen-bond donors (Lipinski definition) is 4. The molecule has 0 saturated heterocycles. The molecule has 50 heavy (non-hydrogen) atoms. The van der Waals surface area contributed by atoms with Crippen LogP contribution in [-0.2, 0) is 14.2 Å². The molecule has 0 radical (unpaired) electrons. The van der Waals surface area contributed by atoms with E-state index >= 15 is 0 Å². The van der Waals surface area contributed by atoms with Gasteiger partial charge in [0.25, 0.3) is 7.82 Å². The van der Waals surface area contributed by atoms with Crippen molar-refractivity contribution >= 4 is 19.4 Å². The molecule has 0 aliphatic heterocycles. The number of phosphoric acid groups is 1. The van der Waals surface area contributed by atoms with Crippen molar-refractivity contribution in [2.24, 2.45) is 10.8 Å². The number of Topliss-reactive ketones (excluding diaryl/α,β-unsaturated/α-hetero) is 2. The van der Waals surface area contributed by atoms with E-state index in [0.717, 1.165) is 33.4 Å². The zero-order valence-electron chi connectivity index (χ0n) is 31.5. The number of aliphatic hydroxyl groups is 2. The molecular formula is C40H54KO8P. The summed E-state index contributed by atoms with van der Waals surface area (Å²) >= 11 is 0. The Kier molecular flexibility index (Phi) is 20.8. The minimum atomic E-state index is -4.89. The van der Waals surface area contributed by atoms with E-state index in [2.05, 4.69) is 65.8 Å². The van der Waals surface area contributed by atoms with Crippen molar-refractivity contribution in [3.63, 3.8) is 0 Å². The van der Waals surface area contributed by atoms with Crippen molar-refractivity contribution in [2.75, 3.05) is 0 Å². The first kappa shape index (κ1) is 48.1. The Labute approximate surface area is 341 Å². The molecule has 0 saturated carbocycles. The van der Waals surface area contributed by atoms with Gasteiger partial charge in [0.2, 0.25) is 0 Å². The van der Waals surface area contributed by atoms with Gasteiger partial charge in [-0.1, -0.05) is 135 Å². The fourth-order valence-corrected chi connectivity index (χ4v) is 5.62. The average Bonchev–Trinajstić information content (AvgIpc) is 2.95. The minimum Gasteiger partial charge on any atom is -0.756 e. The van der Waals surface area contributed by atoms with Gasteiger partial charge in [-0.3, -0.25) is 14.2 Å². The van der Waals surface area contributed by atoms with E-state index in [1.165, 1.54) is 0 Å². The summed E-state index contributed by atoms with van der Waals surface area (Å²) in [6.07, 6.45) is 27.5. The smallest absolute Gasteiger partial charge is 0.756 e. The van der Waals surface area contributed by atoms with Crippen molar-refractivity contribution in [3.05, 3.63) is 130 Å². The van der Waals surface area contributed by atoms with Crippen LogP contribution in [-0.4, -0.2) is 43.8 Å². The van der Waals surface area contributed by atoms with Gasteiger partial charge in [0.05, 0.1) is 0 Å². The molecule has 0 fully saturated rings. The van der Waals surface area contributed by atoms with Crippen LogP contribution in [0.5, 0.6) is 0 Å². The van der Waals surface area contributed by atoms with Gasteiger partial charge in [-0.25, -0.2) is 0 Å². The number of rotatable bonds is 10. The standard InChI is InChI=1S/C40H52O4.K.H3O4P/c1-27(17-13-19-29(3)21-23-33-31(5)37(43)35(41)25-39(33,7)8)15-11-12-16-28(2)18-14-20-30(4)22-24-34-32(6)38(44)36(42)26-40(34,9)10;;1-5(2,3)4/h11-24,35-36,41-42H,25-26H2,1-10H3;;(H3,1,2,3,4)/q;+1;/p-1/b12-11+,17-13+,18-14+,23-21+,24-22+,27-15+,28-16+,29-19+,30-20+;;/t35-,36-;;/m0../s1. The van der Waals surface area contributed by atoms with Crippen LogP contribution in [0, 0.1) is 10.8 Å². The van der Waals surface area contributed by atoms with Gasteiger partial charge in [-0.05, 0) is 87.5 Å². The zero-order chi connectivity index (χ0) is 37.7. The maximum absolute atomic E-state index is 12.2. The minimum absolute atomic E-state index is 0. The third kappa shape index (κ3) is 17.6. The van der Waals surface area contributed by atoms with Crippen LogP contribution >= 0.6 is 7.82 Å². The molecule has 2 rings (SSSR count). The molecule has 2 aliphatic carbocycles. The molecule has 2 atom stereocenters. The number of ketones is 2. The van der Waals surface area contributed by atoms with E-state index in [1.54, 1.807) is 13.8 Å². The van der Waals surface area contributed by atoms with E-state index in [0.29, 0.717) is 24.0 Å². The SMILES string of the molecule is CC1=C(/C=C/C(C)=C/C=C/C(C)=C/C=C/C=C(C)/C=C/C=C(C)/C=C/C2=C(C)C(=O)[C@@H](O)CC2(C)C)C(C)(C)C[C@H](O)C1=O.O=P([O-])(O)O.[K+]. The molecule has 2 aliphatic rings. The number of hydrogen-bond acceptors (Lipinski definition) is 6. The van der Waals surface area contributed by atoms with Gasteiger partial charge >= 0.3 is 51.4 Å². The Hall–Kier alpha value is -1.85. The maximum atomic E-state index is 12.2. The Bertz CT molecular complexity index is 1510. The molecular weight excluding hydrogens is 679 g/mol. The van der Waals surface area contributed by atoms with E-state index in [1.807, 2.05) is 74.6 Å². The topological polar surface area (TPSA) is 155 Å². The van der Waals surface area contributed by atoms with Gasteiger partial charge in [0.1, 0.15) is 12.2 Å². The Morgan fingerprint density at radius 2 is 0.900 bits per heavy atom. The molecule has 268 valence electrons. The van der Waals surface area contributed by atoms with Crippen LogP contribution in [0.15, 0.2) is 130 Å². The first-order chi connectivity index (χ1) is 22.5. The van der Waals surface area contributed by atoms with Crippen LogP contribution in [0.25, 0.3) is 0 Å². The predicted octanol–water partition coefficient (Wildman–Crippen LogP) is 4.35. The van der Waals surface area contributed by atoms with Crippen LogP contribution in [0.2, 0.25) is 0 Å². The van der Waals surface area contributed by atoms with Crippen molar-refractivity contribution < 1.29 is 90.4 Å². The third-order valence-electron chi connectivity index (χ3n) is 8.31. The molecule has 0 bridgehead atoms. The Balaban J connectivity index is 0.00000372. The summed E-state index contributed by atoms with van der Waals surface area (Å²) in [7, 11) is -4.89. The van der Waals surface area contributed by atoms with E-state index in [4.69, 9.17) is 19.2 Å². The second kappa shape index (κ2) is 21.6. The van der Waals surface area contributed by atoms with Gasteiger partial charge in [-0.15, -0.1) is 0 Å². The van der Waals surface area contributed by atoms with Gasteiger partial charge in [0.15, 0.2) is 11.6 Å². The molecule has 8 nitrogen and oxygen atoms in total. The van der Waals surface area contributed by atoms with Gasteiger partial charge in [0, 0.05) is 0 Å². The number of aliphatic hydroxyl groups excluding tert-OH is 2. The summed E-state index contributed by atoms with van der Waals surface area (Å²) in [5.41, 5.74) is 7.16. The molecule has 0 amide bonds. The fourth-order valence-electron chi connectivity index (χ4n) is 5.62. The van der Waals surface area contributed by atoms with Crippen LogP contribution < -0.4 is 56.3 Å². The van der Waals surface area contributed by atoms with E-state index in [-0.39, 0.29) is 73.8 Å². The van der Waals surface area contributed by atoms with Crippen LogP contribution in [0.3, 0.4) is 0 Å². The monoisotopic (exact) mass is 732 g/mol. The molecule has 10 heteroatoms. The molecule has 0 aromatic heterocycles. The number of allylic oxidation sites excluding steroid dienone is 20. The molecule has 0 spiro atoms. The third-order valence-corrected chi connectivity index (χ3v) is 8.31. The summed E-state index contributed by atoms with van der Waals surface area (Å²) in [6.45, 7) is 20.0. The van der Waals surface area contributed by atoms with Crippen LogP contribution in [0.1, 0.15) is 82.1 Å². The predicted molar refractivity (Wildman–Crippen MR) is 197 cm³/mol. The average molecular weight is 733 g/mol. The summed E-state index contributed by atoms with van der Waals surface area (Å²) in [5, 5.41) is 20.0. The van der Waals surface area contributed by atoms with Crippen molar-refractivity contribution in [1.82, 2.24) is 0 Å². The normalized spacial score (nSPS) is 22.8. The molecule has 0 heterocycles. The van der Waals surface area contributed by atoms with Crippen molar-refractivity contribution in [1.29, 1.82) is 0 Å². The first-order valence-electron chi connectivity index (χ1n) is 16.2. The summed E-state index contributed by atoms with van der Waals surface area (Å²) < 4.78 is 8.77. The quantitative estimate of drug-likeness (QED) is 0.147. The molecule has 4 N–H and O–H groups in total. The fraction of sp³-hybridized carbons (Fsp3) is 0.400. The second-order valence-electron chi connectivity index (χ2n) is 13.9. The largest absolute Gasteiger partial charge is 1.00 e. The van der Waals surface area contributed by atoms with E-state index < -0.39 is 20.0 Å². The summed E-state index contributed by atoms with van der Waals surface area (Å²) in [4.78, 5) is 47.4. The summed E-state index contributed by atoms with van der Waals surface area (Å²) in [6, 6.07) is 0. The molecule has 0 unspecified atom stereocenters. The number of carbonyl (C=O) groups is 2. The van der Waals surface area contributed by atoms with Gasteiger partial charge in [-0.2, -0.15) is 0 Å². The van der Waals surface area contributed by atoms with Crippen molar-refractivity contribution in [2.45, 2.75) is 94.3 Å². The van der Waals surface area contributed by atoms with E-state index in [9.17, 15) is 19.8 Å². The molecule has 0 aromatic rings. The first-order valence-corrected chi connectivity index (χ1v) is 17.7. The Morgan fingerprint density at radius 1 is 0.640 bits per heavy atom. The second-order valence-corrected chi connectivity index (χ2v) is 14.9. The zero-order valence-corrected chi connectivity index (χ0v) is 35.5. The molecule has 0 aromatic carbocycles. The van der Waals surface area contributed by atoms with Crippen LogP contribution in [0.4, 0.5) is 0 Å². The Morgan fingerprint density at radius 3 is 1.20 bits per heavy atom. The van der Waals surface area contributed by atoms with Crippen molar-refractivity contribution in [3.8, 4) is 0 Å². The maximum Gasteiger partial charge on any atom is 1.00 e. The number of carbonyl (C=O) groups excluding carboxylic acids is 2. The van der Waals surface area contributed by atoms with Gasteiger partial charge < -0.3 is 24.9 Å². The summed E-state index contributed by atoms with van der Waals surface area (Å²) in [5.74, 6) is -0.350.